The molecule has 2 amide bonds. The van der Waals surface area contributed by atoms with Gasteiger partial charge in [0.25, 0.3) is 10.0 Å². The highest BCUT2D eigenvalue weighted by molar-refractivity contribution is 9.10. The second-order valence-corrected chi connectivity index (χ2v) is 11.8. The minimum Gasteiger partial charge on any atom is -0.352 e. The summed E-state index contributed by atoms with van der Waals surface area (Å²) in [6.45, 7) is 4.88. The van der Waals surface area contributed by atoms with Crippen LogP contribution in [0.15, 0.2) is 88.2 Å². The van der Waals surface area contributed by atoms with Gasteiger partial charge in [-0.05, 0) is 74.4 Å². The molecule has 0 aliphatic rings. The Morgan fingerprint density at radius 2 is 1.55 bits per heavy atom. The van der Waals surface area contributed by atoms with Crippen molar-refractivity contribution in [3.8, 4) is 0 Å². The smallest absolute Gasteiger partial charge is 0.264 e. The molecular weight excluding hydrogens is 573 g/mol. The van der Waals surface area contributed by atoms with E-state index in [0.29, 0.717) is 17.7 Å². The van der Waals surface area contributed by atoms with Gasteiger partial charge in [-0.15, -0.1) is 0 Å². The van der Waals surface area contributed by atoms with Crippen LogP contribution in [0.2, 0.25) is 0 Å². The van der Waals surface area contributed by atoms with Crippen molar-refractivity contribution in [2.24, 2.45) is 0 Å². The van der Waals surface area contributed by atoms with Crippen LogP contribution in [0.5, 0.6) is 0 Å². The van der Waals surface area contributed by atoms with Crippen molar-refractivity contribution < 1.29 is 22.4 Å². The molecule has 0 radical (unpaired) electrons. The van der Waals surface area contributed by atoms with E-state index in [-0.39, 0.29) is 23.4 Å². The summed E-state index contributed by atoms with van der Waals surface area (Å²) >= 11 is 3.36. The third-order valence-electron chi connectivity index (χ3n) is 5.81. The zero-order chi connectivity index (χ0) is 27.9. The van der Waals surface area contributed by atoms with Crippen molar-refractivity contribution in [3.05, 3.63) is 94.7 Å². The molecule has 1 N–H and O–H groups in total. The number of hydrogen-bond donors (Lipinski definition) is 1. The quantitative estimate of drug-likeness (QED) is 0.330. The number of hydrogen-bond acceptors (Lipinski definition) is 4. The van der Waals surface area contributed by atoms with Crippen LogP contribution in [0.3, 0.4) is 0 Å². The molecular formula is C28H31BrFN3O4S. The molecule has 0 bridgehead atoms. The molecule has 3 aromatic carbocycles. The molecule has 10 heteroatoms. The molecule has 0 aliphatic carbocycles. The van der Waals surface area contributed by atoms with Crippen LogP contribution in [-0.2, 0) is 26.2 Å². The summed E-state index contributed by atoms with van der Waals surface area (Å²) in [5.41, 5.74) is 0.906. The molecule has 0 fully saturated rings. The van der Waals surface area contributed by atoms with Gasteiger partial charge in [-0.25, -0.2) is 12.8 Å². The second kappa shape index (κ2) is 13.0. The molecule has 7 nitrogen and oxygen atoms in total. The molecule has 3 aromatic rings. The number of carbonyl (C=O) groups is 2. The highest BCUT2D eigenvalue weighted by atomic mass is 79.9. The lowest BCUT2D eigenvalue weighted by molar-refractivity contribution is -0.140. The Labute approximate surface area is 231 Å². The number of halogens is 2. The molecule has 1 atom stereocenters. The summed E-state index contributed by atoms with van der Waals surface area (Å²) in [4.78, 5) is 28.4. The highest BCUT2D eigenvalue weighted by Crippen LogP contribution is 2.26. The van der Waals surface area contributed by atoms with E-state index in [9.17, 15) is 22.4 Å². The van der Waals surface area contributed by atoms with Crippen LogP contribution in [0.25, 0.3) is 0 Å². The maximum atomic E-state index is 13.9. The number of nitrogens with zero attached hydrogens (tertiary/aromatic N) is 2. The monoisotopic (exact) mass is 603 g/mol. The van der Waals surface area contributed by atoms with Gasteiger partial charge in [0, 0.05) is 17.1 Å². The van der Waals surface area contributed by atoms with Gasteiger partial charge in [0.05, 0.1) is 10.6 Å². The second-order valence-electron chi connectivity index (χ2n) is 9.04. The molecule has 0 saturated heterocycles. The Bertz CT molecular complexity index is 1330. The fraction of sp³-hybridized carbons (Fsp3) is 0.286. The number of amides is 2. The van der Waals surface area contributed by atoms with Crippen molar-refractivity contribution in [1.82, 2.24) is 10.2 Å². The minimum absolute atomic E-state index is 0.00268. The number of nitrogens with one attached hydrogen (secondary N) is 1. The van der Waals surface area contributed by atoms with Crippen LogP contribution in [0.1, 0.15) is 32.8 Å². The molecule has 3 rings (SSSR count). The Balaban J connectivity index is 2.04. The lowest BCUT2D eigenvalue weighted by atomic mass is 10.1. The van der Waals surface area contributed by atoms with Gasteiger partial charge in [-0.1, -0.05) is 53.2 Å². The van der Waals surface area contributed by atoms with Crippen LogP contribution >= 0.6 is 15.9 Å². The zero-order valence-electron chi connectivity index (χ0n) is 21.5. The van der Waals surface area contributed by atoms with Gasteiger partial charge in [-0.2, -0.15) is 0 Å². The number of anilines is 1. The maximum absolute atomic E-state index is 13.9. The zero-order valence-corrected chi connectivity index (χ0v) is 23.9. The third-order valence-corrected chi connectivity index (χ3v) is 8.12. The number of sulfonamides is 1. The Morgan fingerprint density at radius 3 is 2.11 bits per heavy atom. The fourth-order valence-electron chi connectivity index (χ4n) is 3.94. The topological polar surface area (TPSA) is 86.8 Å². The van der Waals surface area contributed by atoms with E-state index >= 15 is 0 Å². The number of rotatable bonds is 11. The molecule has 0 saturated carbocycles. The van der Waals surface area contributed by atoms with E-state index in [4.69, 9.17) is 0 Å². The van der Waals surface area contributed by atoms with Gasteiger partial charge in [0.15, 0.2) is 0 Å². The molecule has 38 heavy (non-hydrogen) atoms. The van der Waals surface area contributed by atoms with Crippen LogP contribution in [-0.4, -0.2) is 43.8 Å². The predicted octanol–water partition coefficient (Wildman–Crippen LogP) is 5.12. The average Bonchev–Trinajstić information content (AvgIpc) is 2.89. The summed E-state index contributed by atoms with van der Waals surface area (Å²) in [6.07, 6.45) is 0.301. The van der Waals surface area contributed by atoms with Crippen molar-refractivity contribution in [1.29, 1.82) is 0 Å². The van der Waals surface area contributed by atoms with E-state index in [0.717, 1.165) is 8.78 Å². The van der Waals surface area contributed by atoms with E-state index in [1.165, 1.54) is 41.3 Å². The third kappa shape index (κ3) is 7.41. The van der Waals surface area contributed by atoms with Crippen molar-refractivity contribution in [2.45, 2.75) is 50.7 Å². The highest BCUT2D eigenvalue weighted by Gasteiger charge is 2.33. The van der Waals surface area contributed by atoms with Crippen molar-refractivity contribution in [3.63, 3.8) is 0 Å². The molecule has 0 heterocycles. The molecule has 0 aliphatic heterocycles. The standard InChI is InChI=1S/C28H31BrFN3O4S/c1-4-26(28(35)31-20(2)3)32(18-21-10-14-23(30)15-11-21)27(34)19-33(24-16-12-22(29)13-17-24)38(36,37)25-8-6-5-7-9-25/h5-17,20,26H,4,18-19H2,1-3H3,(H,31,35)/t26-/m0/s1. The molecule has 202 valence electrons. The van der Waals surface area contributed by atoms with E-state index in [2.05, 4.69) is 21.2 Å². The van der Waals surface area contributed by atoms with E-state index in [1.807, 2.05) is 13.8 Å². The van der Waals surface area contributed by atoms with Crippen molar-refractivity contribution >= 4 is 43.5 Å². The predicted molar refractivity (Wildman–Crippen MR) is 149 cm³/mol. The summed E-state index contributed by atoms with van der Waals surface area (Å²) in [5.74, 6) is -1.34. The molecule has 0 unspecified atom stereocenters. The molecule has 0 spiro atoms. The maximum Gasteiger partial charge on any atom is 0.264 e. The molecule has 0 aromatic heterocycles. The Hall–Kier alpha value is -3.24. The summed E-state index contributed by atoms with van der Waals surface area (Å²) in [7, 11) is -4.13. The van der Waals surface area contributed by atoms with Gasteiger partial charge >= 0.3 is 0 Å². The first-order valence-electron chi connectivity index (χ1n) is 12.2. The fourth-order valence-corrected chi connectivity index (χ4v) is 5.64. The minimum atomic E-state index is -4.13. The van der Waals surface area contributed by atoms with E-state index < -0.39 is 34.3 Å². The first kappa shape index (κ1) is 29.3. The summed E-state index contributed by atoms with van der Waals surface area (Å²) in [5, 5.41) is 2.84. The van der Waals surface area contributed by atoms with Crippen molar-refractivity contribution in [2.75, 3.05) is 10.8 Å². The number of benzene rings is 3. The lowest BCUT2D eigenvalue weighted by Gasteiger charge is -2.33. The summed E-state index contributed by atoms with van der Waals surface area (Å²) in [6, 6.07) is 19.1. The van der Waals surface area contributed by atoms with Gasteiger partial charge in [-0.3, -0.25) is 13.9 Å². The average molecular weight is 605 g/mol. The van der Waals surface area contributed by atoms with Crippen LogP contribution in [0.4, 0.5) is 10.1 Å². The SMILES string of the molecule is CC[C@@H](C(=O)NC(C)C)N(Cc1ccc(F)cc1)C(=O)CN(c1ccc(Br)cc1)S(=O)(=O)c1ccccc1. The van der Waals surface area contributed by atoms with Crippen LogP contribution in [0, 0.1) is 5.82 Å². The van der Waals surface area contributed by atoms with Gasteiger partial charge < -0.3 is 10.2 Å². The Kier molecular flexibility index (Phi) is 10.0. The van der Waals surface area contributed by atoms with E-state index in [1.54, 1.807) is 49.4 Å². The van der Waals surface area contributed by atoms with Gasteiger partial charge in [0.2, 0.25) is 11.8 Å². The van der Waals surface area contributed by atoms with Gasteiger partial charge in [0.1, 0.15) is 18.4 Å². The Morgan fingerprint density at radius 1 is 0.947 bits per heavy atom. The largest absolute Gasteiger partial charge is 0.352 e. The lowest BCUT2D eigenvalue weighted by Crippen LogP contribution is -2.53. The first-order chi connectivity index (χ1) is 18.0. The van der Waals surface area contributed by atoms with Crippen LogP contribution < -0.4 is 9.62 Å². The number of carbonyl (C=O) groups excluding carboxylic acids is 2. The normalized spacial score (nSPS) is 12.2. The summed E-state index contributed by atoms with van der Waals surface area (Å²) < 4.78 is 42.8. The first-order valence-corrected chi connectivity index (χ1v) is 14.4.